The lowest BCUT2D eigenvalue weighted by atomic mass is 10.1. The van der Waals surface area contributed by atoms with Gasteiger partial charge in [-0.2, -0.15) is 0 Å². The predicted octanol–water partition coefficient (Wildman–Crippen LogP) is 2.24. The minimum absolute atomic E-state index is 0.265. The smallest absolute Gasteiger partial charge is 0.326 e. The Morgan fingerprint density at radius 1 is 1.38 bits per heavy atom. The van der Waals surface area contributed by atoms with Crippen molar-refractivity contribution in [2.45, 2.75) is 20.3 Å². The summed E-state index contributed by atoms with van der Waals surface area (Å²) in [6.45, 7) is 3.72. The van der Waals surface area contributed by atoms with Crippen LogP contribution >= 0.6 is 11.3 Å². The highest BCUT2D eigenvalue weighted by Crippen LogP contribution is 2.20. The largest absolute Gasteiger partial charge is 0.465 e. The van der Waals surface area contributed by atoms with Gasteiger partial charge in [0.05, 0.1) is 6.61 Å². The highest BCUT2D eigenvalue weighted by Gasteiger charge is 2.28. The molecule has 0 amide bonds. The predicted molar refractivity (Wildman–Crippen MR) is 60.4 cm³/mol. The maximum Gasteiger partial charge on any atom is 0.326 e. The van der Waals surface area contributed by atoms with E-state index in [4.69, 9.17) is 9.47 Å². The van der Waals surface area contributed by atoms with Crippen LogP contribution in [-0.2, 0) is 14.3 Å². The Hall–Kier alpha value is -1.36. The molecule has 0 aliphatic carbocycles. The zero-order valence-electron chi connectivity index (χ0n) is 9.26. The van der Waals surface area contributed by atoms with Crippen LogP contribution in [0.15, 0.2) is 17.5 Å². The summed E-state index contributed by atoms with van der Waals surface area (Å²) in [6, 6.07) is 3.46. The fourth-order valence-electron chi connectivity index (χ4n) is 1.16. The second kappa shape index (κ2) is 6.27. The molecule has 16 heavy (non-hydrogen) atoms. The fourth-order valence-corrected chi connectivity index (χ4v) is 1.74. The summed E-state index contributed by atoms with van der Waals surface area (Å²) < 4.78 is 9.85. The Kier molecular flexibility index (Phi) is 4.98. The number of hydrogen-bond acceptors (Lipinski definition) is 5. The van der Waals surface area contributed by atoms with E-state index in [0.717, 1.165) is 0 Å². The molecular formula is C11H14O4S. The molecule has 1 unspecified atom stereocenters. The van der Waals surface area contributed by atoms with E-state index >= 15 is 0 Å². The Bertz CT molecular complexity index is 345. The SMILES string of the molecule is CCOC(=O)C(CC)C(=O)Oc1cccs1. The third-order valence-electron chi connectivity index (χ3n) is 1.96. The molecule has 0 spiro atoms. The van der Waals surface area contributed by atoms with Crippen molar-refractivity contribution in [2.75, 3.05) is 6.61 Å². The second-order valence-electron chi connectivity index (χ2n) is 3.07. The van der Waals surface area contributed by atoms with E-state index in [2.05, 4.69) is 0 Å². The molecule has 4 nitrogen and oxygen atoms in total. The van der Waals surface area contributed by atoms with Crippen LogP contribution in [0, 0.1) is 5.92 Å². The van der Waals surface area contributed by atoms with Gasteiger partial charge in [0.2, 0.25) is 0 Å². The first-order chi connectivity index (χ1) is 7.69. The van der Waals surface area contributed by atoms with E-state index in [0.29, 0.717) is 11.5 Å². The van der Waals surface area contributed by atoms with Crippen molar-refractivity contribution in [1.29, 1.82) is 0 Å². The van der Waals surface area contributed by atoms with Crippen molar-refractivity contribution in [2.24, 2.45) is 5.92 Å². The van der Waals surface area contributed by atoms with E-state index in [9.17, 15) is 9.59 Å². The summed E-state index contributed by atoms with van der Waals surface area (Å²) in [5.74, 6) is -1.91. The Morgan fingerprint density at radius 3 is 2.62 bits per heavy atom. The van der Waals surface area contributed by atoms with Crippen LogP contribution in [0.3, 0.4) is 0 Å². The van der Waals surface area contributed by atoms with Crippen LogP contribution < -0.4 is 4.74 Å². The number of hydrogen-bond donors (Lipinski definition) is 0. The third kappa shape index (κ3) is 3.34. The van der Waals surface area contributed by atoms with Crippen molar-refractivity contribution < 1.29 is 19.1 Å². The Balaban J connectivity index is 2.59. The first-order valence-electron chi connectivity index (χ1n) is 5.10. The zero-order chi connectivity index (χ0) is 12.0. The van der Waals surface area contributed by atoms with E-state index in [-0.39, 0.29) is 6.61 Å². The third-order valence-corrected chi connectivity index (χ3v) is 2.71. The molecular weight excluding hydrogens is 228 g/mol. The van der Waals surface area contributed by atoms with Gasteiger partial charge in [-0.15, -0.1) is 11.3 Å². The lowest BCUT2D eigenvalue weighted by Gasteiger charge is -2.11. The van der Waals surface area contributed by atoms with Gasteiger partial charge in [0.15, 0.2) is 11.0 Å². The normalized spacial score (nSPS) is 11.9. The van der Waals surface area contributed by atoms with Crippen LogP contribution in [0.2, 0.25) is 0 Å². The van der Waals surface area contributed by atoms with Crippen molar-refractivity contribution in [3.05, 3.63) is 17.5 Å². The molecule has 0 aliphatic heterocycles. The second-order valence-corrected chi connectivity index (χ2v) is 3.98. The van der Waals surface area contributed by atoms with E-state index in [1.807, 2.05) is 0 Å². The minimum Gasteiger partial charge on any atom is -0.465 e. The quantitative estimate of drug-likeness (QED) is 0.587. The van der Waals surface area contributed by atoms with Crippen molar-refractivity contribution in [3.8, 4) is 5.06 Å². The molecule has 0 bridgehead atoms. The van der Waals surface area contributed by atoms with E-state index in [1.165, 1.54) is 11.3 Å². The number of thiophene rings is 1. The van der Waals surface area contributed by atoms with Gasteiger partial charge in [-0.25, -0.2) is 0 Å². The molecule has 0 N–H and O–H groups in total. The lowest BCUT2D eigenvalue weighted by Crippen LogP contribution is -2.29. The van der Waals surface area contributed by atoms with Gasteiger partial charge < -0.3 is 9.47 Å². The molecule has 1 rings (SSSR count). The van der Waals surface area contributed by atoms with Crippen LogP contribution in [0.4, 0.5) is 0 Å². The maximum absolute atomic E-state index is 11.6. The molecule has 88 valence electrons. The Labute approximate surface area is 98.2 Å². The molecule has 5 heteroatoms. The molecule has 0 aromatic carbocycles. The fraction of sp³-hybridized carbons (Fsp3) is 0.455. The van der Waals surface area contributed by atoms with E-state index < -0.39 is 17.9 Å². The maximum atomic E-state index is 11.6. The summed E-state index contributed by atoms with van der Waals surface area (Å²) in [5, 5.41) is 2.29. The minimum atomic E-state index is -0.831. The summed E-state index contributed by atoms with van der Waals surface area (Å²) in [5.41, 5.74) is 0. The Morgan fingerprint density at radius 2 is 2.12 bits per heavy atom. The van der Waals surface area contributed by atoms with Gasteiger partial charge in [0.25, 0.3) is 0 Å². The number of ether oxygens (including phenoxy) is 2. The first kappa shape index (κ1) is 12.7. The molecule has 0 aliphatic rings. The highest BCUT2D eigenvalue weighted by atomic mass is 32.1. The van der Waals surface area contributed by atoms with Crippen molar-refractivity contribution in [1.82, 2.24) is 0 Å². The summed E-state index contributed by atoms with van der Waals surface area (Å²) >= 11 is 1.31. The summed E-state index contributed by atoms with van der Waals surface area (Å²) in [4.78, 5) is 23.1. The van der Waals surface area contributed by atoms with Crippen LogP contribution in [0.25, 0.3) is 0 Å². The van der Waals surface area contributed by atoms with Gasteiger partial charge in [-0.3, -0.25) is 9.59 Å². The van der Waals surface area contributed by atoms with E-state index in [1.54, 1.807) is 31.4 Å². The van der Waals surface area contributed by atoms with Crippen molar-refractivity contribution >= 4 is 23.3 Å². The molecule has 0 radical (unpaired) electrons. The average molecular weight is 242 g/mol. The summed E-state index contributed by atoms with van der Waals surface area (Å²) in [7, 11) is 0. The number of carbonyl (C=O) groups is 2. The lowest BCUT2D eigenvalue weighted by molar-refractivity contribution is -0.157. The van der Waals surface area contributed by atoms with Gasteiger partial charge in [-0.05, 0) is 30.9 Å². The first-order valence-corrected chi connectivity index (χ1v) is 5.98. The monoisotopic (exact) mass is 242 g/mol. The molecule has 0 saturated heterocycles. The van der Waals surface area contributed by atoms with Gasteiger partial charge in [0.1, 0.15) is 0 Å². The number of carbonyl (C=O) groups excluding carboxylic acids is 2. The average Bonchev–Trinajstić information content (AvgIpc) is 2.71. The standard InChI is InChI=1S/C11H14O4S/c1-3-8(10(12)14-4-2)11(13)15-9-6-5-7-16-9/h5-8H,3-4H2,1-2H3. The van der Waals surface area contributed by atoms with Crippen LogP contribution in [0.1, 0.15) is 20.3 Å². The van der Waals surface area contributed by atoms with Crippen LogP contribution in [-0.4, -0.2) is 18.5 Å². The molecule has 1 heterocycles. The summed E-state index contributed by atoms with van der Waals surface area (Å²) in [6.07, 6.45) is 0.378. The molecule has 1 aromatic rings. The highest BCUT2D eigenvalue weighted by molar-refractivity contribution is 7.11. The molecule has 1 aromatic heterocycles. The van der Waals surface area contributed by atoms with Gasteiger partial charge >= 0.3 is 11.9 Å². The number of esters is 2. The van der Waals surface area contributed by atoms with Gasteiger partial charge in [-0.1, -0.05) is 6.92 Å². The molecule has 0 saturated carbocycles. The van der Waals surface area contributed by atoms with Crippen molar-refractivity contribution in [3.63, 3.8) is 0 Å². The number of rotatable bonds is 5. The topological polar surface area (TPSA) is 52.6 Å². The zero-order valence-corrected chi connectivity index (χ0v) is 10.1. The van der Waals surface area contributed by atoms with Crippen LogP contribution in [0.5, 0.6) is 5.06 Å². The van der Waals surface area contributed by atoms with Gasteiger partial charge in [0, 0.05) is 0 Å². The molecule has 1 atom stereocenters. The molecule has 0 fully saturated rings.